The molecule has 9 aromatic rings. The first-order valence-electron chi connectivity index (χ1n) is 16.2. The molecular weight excluding hydrogens is 583 g/mol. The first kappa shape index (κ1) is 27.8. The van der Waals surface area contributed by atoms with E-state index in [0.717, 1.165) is 33.6 Å². The summed E-state index contributed by atoms with van der Waals surface area (Å²) >= 11 is 0. The second-order valence-electron chi connectivity index (χ2n) is 12.1. The highest BCUT2D eigenvalue weighted by molar-refractivity contribution is 6.26. The van der Waals surface area contributed by atoms with Gasteiger partial charge in [0.05, 0.1) is 11.4 Å². The summed E-state index contributed by atoms with van der Waals surface area (Å²) < 4.78 is 0. The van der Waals surface area contributed by atoms with Crippen molar-refractivity contribution in [3.8, 4) is 56.2 Å². The highest BCUT2D eigenvalue weighted by atomic mass is 14.9. The van der Waals surface area contributed by atoms with Gasteiger partial charge >= 0.3 is 0 Å². The zero-order chi connectivity index (χ0) is 31.9. The summed E-state index contributed by atoms with van der Waals surface area (Å²) in [5.41, 5.74) is 9.62. The molecule has 2 aromatic heterocycles. The summed E-state index contributed by atoms with van der Waals surface area (Å²) in [6, 6.07) is 58.1. The SMILES string of the molecule is c1ccc(-c2ccc3c4ccc(-c5ccc(-c6cc(-c7ccccc7)nc(-c7ccncc7)n6)cc5)cc4c4ccccc4c3c2)cc1. The average molecular weight is 612 g/mol. The molecule has 0 radical (unpaired) electrons. The van der Waals surface area contributed by atoms with Crippen LogP contribution in [0.2, 0.25) is 0 Å². The maximum atomic E-state index is 4.99. The monoisotopic (exact) mass is 611 g/mol. The van der Waals surface area contributed by atoms with Crippen molar-refractivity contribution in [2.45, 2.75) is 0 Å². The van der Waals surface area contributed by atoms with E-state index < -0.39 is 0 Å². The van der Waals surface area contributed by atoms with Crippen LogP contribution in [-0.2, 0) is 0 Å². The highest BCUT2D eigenvalue weighted by Crippen LogP contribution is 2.39. The molecule has 0 atom stereocenters. The number of rotatable bonds is 5. The minimum atomic E-state index is 0.683. The lowest BCUT2D eigenvalue weighted by Crippen LogP contribution is -1.96. The molecule has 0 saturated heterocycles. The zero-order valence-electron chi connectivity index (χ0n) is 26.1. The number of pyridine rings is 1. The lowest BCUT2D eigenvalue weighted by Gasteiger charge is -2.14. The van der Waals surface area contributed by atoms with Crippen molar-refractivity contribution in [1.82, 2.24) is 15.0 Å². The number of nitrogens with zero attached hydrogens (tertiary/aromatic N) is 3. The third-order valence-electron chi connectivity index (χ3n) is 9.19. The lowest BCUT2D eigenvalue weighted by molar-refractivity contribution is 1.18. The zero-order valence-corrected chi connectivity index (χ0v) is 26.1. The van der Waals surface area contributed by atoms with Gasteiger partial charge in [0.2, 0.25) is 0 Å². The Morgan fingerprint density at radius 1 is 0.271 bits per heavy atom. The van der Waals surface area contributed by atoms with Crippen LogP contribution >= 0.6 is 0 Å². The molecule has 0 unspecified atom stereocenters. The Balaban J connectivity index is 1.13. The molecule has 9 rings (SSSR count). The summed E-state index contributed by atoms with van der Waals surface area (Å²) in [5.74, 6) is 0.683. The fraction of sp³-hybridized carbons (Fsp3) is 0. The molecule has 0 saturated carbocycles. The number of hydrogen-bond donors (Lipinski definition) is 0. The van der Waals surface area contributed by atoms with Crippen molar-refractivity contribution < 1.29 is 0 Å². The molecular formula is C45H29N3. The van der Waals surface area contributed by atoms with Gasteiger partial charge < -0.3 is 0 Å². The fourth-order valence-electron chi connectivity index (χ4n) is 6.76. The summed E-state index contributed by atoms with van der Waals surface area (Å²) in [5, 5.41) is 7.62. The van der Waals surface area contributed by atoms with Crippen LogP contribution in [0.5, 0.6) is 0 Å². The average Bonchev–Trinajstić information content (AvgIpc) is 3.18. The van der Waals surface area contributed by atoms with E-state index in [0.29, 0.717) is 5.82 Å². The van der Waals surface area contributed by atoms with Gasteiger partial charge in [-0.05, 0) is 84.9 Å². The van der Waals surface area contributed by atoms with Gasteiger partial charge in [0.1, 0.15) is 0 Å². The molecule has 0 amide bonds. The van der Waals surface area contributed by atoms with Gasteiger partial charge in [0.25, 0.3) is 0 Å². The Hall–Kier alpha value is -6.45. The van der Waals surface area contributed by atoms with E-state index in [9.17, 15) is 0 Å². The molecule has 48 heavy (non-hydrogen) atoms. The Labute approximate surface area is 278 Å². The normalized spacial score (nSPS) is 11.3. The van der Waals surface area contributed by atoms with Crippen LogP contribution in [0.3, 0.4) is 0 Å². The van der Waals surface area contributed by atoms with E-state index in [-0.39, 0.29) is 0 Å². The smallest absolute Gasteiger partial charge is 0.160 e. The highest BCUT2D eigenvalue weighted by Gasteiger charge is 2.13. The molecule has 3 nitrogen and oxygen atoms in total. The van der Waals surface area contributed by atoms with E-state index >= 15 is 0 Å². The van der Waals surface area contributed by atoms with Crippen molar-refractivity contribution in [3.63, 3.8) is 0 Å². The van der Waals surface area contributed by atoms with E-state index in [1.807, 2.05) is 30.3 Å². The second kappa shape index (κ2) is 11.7. The second-order valence-corrected chi connectivity index (χ2v) is 12.1. The minimum absolute atomic E-state index is 0.683. The maximum absolute atomic E-state index is 4.99. The molecule has 2 heterocycles. The van der Waals surface area contributed by atoms with Crippen LogP contribution < -0.4 is 0 Å². The fourth-order valence-corrected chi connectivity index (χ4v) is 6.76. The Kier molecular flexibility index (Phi) is 6.80. The van der Waals surface area contributed by atoms with Gasteiger partial charge in [-0.1, -0.05) is 133 Å². The molecule has 0 aliphatic rings. The van der Waals surface area contributed by atoms with Gasteiger partial charge in [-0.15, -0.1) is 0 Å². The number of hydrogen-bond acceptors (Lipinski definition) is 3. The summed E-state index contributed by atoms with van der Waals surface area (Å²) in [6.45, 7) is 0. The van der Waals surface area contributed by atoms with Crippen LogP contribution in [0.15, 0.2) is 176 Å². The Morgan fingerprint density at radius 3 is 1.25 bits per heavy atom. The molecule has 0 aliphatic heterocycles. The van der Waals surface area contributed by atoms with Crippen LogP contribution in [0, 0.1) is 0 Å². The largest absolute Gasteiger partial charge is 0.265 e. The maximum Gasteiger partial charge on any atom is 0.160 e. The molecule has 224 valence electrons. The molecule has 0 N–H and O–H groups in total. The Morgan fingerprint density at radius 2 is 0.688 bits per heavy atom. The first-order valence-corrected chi connectivity index (χ1v) is 16.2. The molecule has 0 aliphatic carbocycles. The third-order valence-corrected chi connectivity index (χ3v) is 9.19. The summed E-state index contributed by atoms with van der Waals surface area (Å²) in [7, 11) is 0. The number of benzene rings is 7. The topological polar surface area (TPSA) is 38.7 Å². The minimum Gasteiger partial charge on any atom is -0.265 e. The predicted octanol–water partition coefficient (Wildman–Crippen LogP) is 11.7. The molecule has 0 spiro atoms. The van der Waals surface area contributed by atoms with E-state index in [4.69, 9.17) is 9.97 Å². The molecule has 0 bridgehead atoms. The van der Waals surface area contributed by atoms with Crippen molar-refractivity contribution in [2.75, 3.05) is 0 Å². The Bertz CT molecular complexity index is 2500. The van der Waals surface area contributed by atoms with Gasteiger partial charge in [0.15, 0.2) is 5.82 Å². The predicted molar refractivity (Wildman–Crippen MR) is 200 cm³/mol. The van der Waals surface area contributed by atoms with E-state index in [1.165, 1.54) is 49.0 Å². The van der Waals surface area contributed by atoms with Crippen molar-refractivity contribution in [2.24, 2.45) is 0 Å². The number of aromatic nitrogens is 3. The van der Waals surface area contributed by atoms with Gasteiger partial charge in [0, 0.05) is 29.1 Å². The molecule has 0 fully saturated rings. The summed E-state index contributed by atoms with van der Waals surface area (Å²) in [6.07, 6.45) is 3.56. The first-order chi connectivity index (χ1) is 23.8. The quantitative estimate of drug-likeness (QED) is 0.182. The lowest BCUT2D eigenvalue weighted by atomic mass is 9.90. The van der Waals surface area contributed by atoms with Crippen molar-refractivity contribution in [3.05, 3.63) is 176 Å². The van der Waals surface area contributed by atoms with Gasteiger partial charge in [-0.25, -0.2) is 9.97 Å². The molecule has 3 heteroatoms. The van der Waals surface area contributed by atoms with Gasteiger partial charge in [-0.2, -0.15) is 0 Å². The standard InChI is InChI=1S/C45H29N3/c1-3-9-30(10-4-1)35-19-21-39-40-22-20-36(28-42(40)38-14-8-7-13-37(38)41(39)27-35)31-15-17-33(18-16-31)44-29-43(32-11-5-2-6-12-32)47-45(48-44)34-23-25-46-26-24-34/h1-29H. The van der Waals surface area contributed by atoms with E-state index in [2.05, 4.69) is 138 Å². The van der Waals surface area contributed by atoms with Crippen LogP contribution in [-0.4, -0.2) is 15.0 Å². The van der Waals surface area contributed by atoms with E-state index in [1.54, 1.807) is 12.4 Å². The van der Waals surface area contributed by atoms with Crippen LogP contribution in [0.4, 0.5) is 0 Å². The molecule has 7 aromatic carbocycles. The summed E-state index contributed by atoms with van der Waals surface area (Å²) in [4.78, 5) is 14.1. The van der Waals surface area contributed by atoms with Crippen LogP contribution in [0.1, 0.15) is 0 Å². The van der Waals surface area contributed by atoms with Crippen LogP contribution in [0.25, 0.3) is 88.5 Å². The van der Waals surface area contributed by atoms with Crippen molar-refractivity contribution in [1.29, 1.82) is 0 Å². The van der Waals surface area contributed by atoms with Crippen molar-refractivity contribution >= 4 is 32.3 Å². The number of fused-ring (bicyclic) bond motifs is 6. The third kappa shape index (κ3) is 4.99. The van der Waals surface area contributed by atoms with Gasteiger partial charge in [-0.3, -0.25) is 4.98 Å².